The van der Waals surface area contributed by atoms with Crippen LogP contribution in [0.15, 0.2) is 24.3 Å². The summed E-state index contributed by atoms with van der Waals surface area (Å²) in [5.74, 6) is -2.01. The van der Waals surface area contributed by atoms with Gasteiger partial charge in [0.1, 0.15) is 22.6 Å². The van der Waals surface area contributed by atoms with Gasteiger partial charge in [-0.15, -0.1) is 0 Å². The minimum atomic E-state index is -0.916. The molecule has 0 unspecified atom stereocenters. The Labute approximate surface area is 145 Å². The van der Waals surface area contributed by atoms with E-state index in [1.165, 1.54) is 26.4 Å². The summed E-state index contributed by atoms with van der Waals surface area (Å²) in [5.41, 5.74) is -2.92. The summed E-state index contributed by atoms with van der Waals surface area (Å²) in [6.45, 7) is 0. The van der Waals surface area contributed by atoms with Crippen LogP contribution in [0.1, 0.15) is 31.8 Å². The van der Waals surface area contributed by atoms with Gasteiger partial charge in [-0.3, -0.25) is 29.8 Å². The fourth-order valence-corrected chi connectivity index (χ4v) is 2.95. The molecule has 0 aliphatic heterocycles. The quantitative estimate of drug-likeness (QED) is 0.511. The monoisotopic (exact) mass is 358 g/mol. The van der Waals surface area contributed by atoms with Crippen molar-refractivity contribution in [3.05, 3.63) is 66.7 Å². The van der Waals surface area contributed by atoms with Crippen molar-refractivity contribution in [1.82, 2.24) is 0 Å². The number of ether oxygens (including phenoxy) is 2. The molecule has 132 valence electrons. The van der Waals surface area contributed by atoms with Crippen molar-refractivity contribution in [3.8, 4) is 11.5 Å². The third-order valence-corrected chi connectivity index (χ3v) is 4.03. The van der Waals surface area contributed by atoms with Crippen LogP contribution >= 0.6 is 0 Å². The van der Waals surface area contributed by atoms with Crippen LogP contribution in [0.25, 0.3) is 0 Å². The molecule has 3 rings (SSSR count). The number of methoxy groups -OCH3 is 2. The molecule has 10 nitrogen and oxygen atoms in total. The molecular formula is C16H10N2O8. The number of fused-ring (bicyclic) bond motifs is 2. The van der Waals surface area contributed by atoms with E-state index in [4.69, 9.17) is 9.47 Å². The average molecular weight is 358 g/mol. The molecule has 0 saturated carbocycles. The van der Waals surface area contributed by atoms with Gasteiger partial charge in [0.25, 0.3) is 11.4 Å². The first kappa shape index (κ1) is 17.0. The van der Waals surface area contributed by atoms with Crippen LogP contribution in [0.5, 0.6) is 11.5 Å². The minimum Gasteiger partial charge on any atom is -0.496 e. The molecule has 0 atom stereocenters. The Bertz CT molecular complexity index is 930. The molecule has 1 aliphatic rings. The lowest BCUT2D eigenvalue weighted by atomic mass is 9.81. The highest BCUT2D eigenvalue weighted by Gasteiger charge is 2.43. The Kier molecular flexibility index (Phi) is 3.87. The predicted octanol–water partition coefficient (Wildman–Crippen LogP) is 2.30. The van der Waals surface area contributed by atoms with Gasteiger partial charge in [-0.05, 0) is 12.1 Å². The third-order valence-electron chi connectivity index (χ3n) is 4.03. The molecule has 2 aromatic rings. The molecular weight excluding hydrogens is 348 g/mol. The van der Waals surface area contributed by atoms with E-state index in [0.29, 0.717) is 0 Å². The molecule has 0 radical (unpaired) electrons. The Hall–Kier alpha value is -3.82. The van der Waals surface area contributed by atoms with Crippen molar-refractivity contribution in [2.75, 3.05) is 14.2 Å². The maximum atomic E-state index is 13.0. The van der Waals surface area contributed by atoms with Crippen LogP contribution in [-0.2, 0) is 0 Å². The topological polar surface area (TPSA) is 139 Å². The standard InChI is InChI=1S/C16H10N2O8/c1-25-9-5-3-7(17(21)22)11-13(9)15(19)12-8(18(23)24)4-6-10(26-2)14(12)16(11)20/h3-6H,1-2H3. The molecule has 26 heavy (non-hydrogen) atoms. The van der Waals surface area contributed by atoms with E-state index in [2.05, 4.69) is 0 Å². The highest BCUT2D eigenvalue weighted by Crippen LogP contribution is 2.43. The van der Waals surface area contributed by atoms with Gasteiger partial charge < -0.3 is 9.47 Å². The number of nitrogens with zero attached hydrogens (tertiary/aromatic N) is 2. The Morgan fingerprint density at radius 2 is 1.04 bits per heavy atom. The van der Waals surface area contributed by atoms with Gasteiger partial charge in [0, 0.05) is 12.1 Å². The predicted molar refractivity (Wildman–Crippen MR) is 86.2 cm³/mol. The molecule has 10 heteroatoms. The van der Waals surface area contributed by atoms with E-state index in [1.807, 2.05) is 0 Å². The van der Waals surface area contributed by atoms with Crippen molar-refractivity contribution in [1.29, 1.82) is 0 Å². The van der Waals surface area contributed by atoms with Crippen molar-refractivity contribution in [2.24, 2.45) is 0 Å². The van der Waals surface area contributed by atoms with Crippen LogP contribution in [0, 0.1) is 20.2 Å². The van der Waals surface area contributed by atoms with Gasteiger partial charge in [0.15, 0.2) is 0 Å². The second-order valence-electron chi connectivity index (χ2n) is 5.25. The SMILES string of the molecule is COc1ccc([N+](=O)[O-])c2c1C(=O)c1c([N+](=O)[O-])ccc(OC)c1C2=O. The zero-order chi connectivity index (χ0) is 19.2. The Morgan fingerprint density at radius 1 is 0.692 bits per heavy atom. The van der Waals surface area contributed by atoms with Crippen molar-refractivity contribution < 1.29 is 28.9 Å². The maximum absolute atomic E-state index is 13.0. The summed E-state index contributed by atoms with van der Waals surface area (Å²) in [6.07, 6.45) is 0. The van der Waals surface area contributed by atoms with Crippen LogP contribution in [0.3, 0.4) is 0 Å². The normalized spacial score (nSPS) is 12.2. The lowest BCUT2D eigenvalue weighted by Gasteiger charge is -2.21. The fourth-order valence-electron chi connectivity index (χ4n) is 2.95. The summed E-state index contributed by atoms with van der Waals surface area (Å²) >= 11 is 0. The largest absolute Gasteiger partial charge is 0.496 e. The van der Waals surface area contributed by atoms with Crippen molar-refractivity contribution in [2.45, 2.75) is 0 Å². The zero-order valence-electron chi connectivity index (χ0n) is 13.5. The molecule has 1 aliphatic carbocycles. The second-order valence-corrected chi connectivity index (χ2v) is 5.25. The summed E-state index contributed by atoms with van der Waals surface area (Å²) < 4.78 is 10.1. The van der Waals surface area contributed by atoms with Gasteiger partial charge in [0.2, 0.25) is 11.6 Å². The number of nitro groups is 2. The lowest BCUT2D eigenvalue weighted by molar-refractivity contribution is -0.385. The number of hydrogen-bond donors (Lipinski definition) is 0. The van der Waals surface area contributed by atoms with Crippen LogP contribution < -0.4 is 9.47 Å². The average Bonchev–Trinajstić information content (AvgIpc) is 2.63. The fraction of sp³-hybridized carbons (Fsp3) is 0.125. The summed E-state index contributed by atoms with van der Waals surface area (Å²) in [4.78, 5) is 47.0. The molecule has 0 aromatic heterocycles. The molecule has 0 spiro atoms. The lowest BCUT2D eigenvalue weighted by Crippen LogP contribution is -2.25. The van der Waals surface area contributed by atoms with Crippen molar-refractivity contribution in [3.63, 3.8) is 0 Å². The third kappa shape index (κ3) is 2.19. The first-order chi connectivity index (χ1) is 12.3. The second kappa shape index (κ2) is 5.92. The highest BCUT2D eigenvalue weighted by molar-refractivity contribution is 6.32. The summed E-state index contributed by atoms with van der Waals surface area (Å²) in [7, 11) is 2.43. The minimum absolute atomic E-state index is 0.0910. The summed E-state index contributed by atoms with van der Waals surface area (Å²) in [6, 6.07) is 4.41. The van der Waals surface area contributed by atoms with Crippen molar-refractivity contribution >= 4 is 22.9 Å². The molecule has 0 amide bonds. The first-order valence-electron chi connectivity index (χ1n) is 7.13. The summed E-state index contributed by atoms with van der Waals surface area (Å²) in [5, 5.41) is 22.7. The van der Waals surface area contributed by atoms with E-state index in [1.54, 1.807) is 0 Å². The molecule has 2 aromatic carbocycles. The number of rotatable bonds is 4. The van der Waals surface area contributed by atoms with Crippen LogP contribution in [0.2, 0.25) is 0 Å². The van der Waals surface area contributed by atoms with Gasteiger partial charge in [-0.1, -0.05) is 0 Å². The number of nitro benzene ring substituents is 2. The highest BCUT2D eigenvalue weighted by atomic mass is 16.6. The number of carbonyl (C=O) groups is 2. The molecule has 0 bridgehead atoms. The molecule has 0 fully saturated rings. The molecule has 0 N–H and O–H groups in total. The van der Waals surface area contributed by atoms with E-state index in [9.17, 15) is 29.8 Å². The van der Waals surface area contributed by atoms with Gasteiger partial charge in [0.05, 0.1) is 35.2 Å². The smallest absolute Gasteiger partial charge is 0.281 e. The van der Waals surface area contributed by atoms with Crippen LogP contribution in [-0.4, -0.2) is 35.6 Å². The number of hydrogen-bond acceptors (Lipinski definition) is 8. The maximum Gasteiger partial charge on any atom is 0.281 e. The van der Waals surface area contributed by atoms with Crippen LogP contribution in [0.4, 0.5) is 11.4 Å². The number of carbonyl (C=O) groups excluding carboxylic acids is 2. The number of benzene rings is 2. The molecule has 0 heterocycles. The van der Waals surface area contributed by atoms with Gasteiger partial charge >= 0.3 is 0 Å². The van der Waals surface area contributed by atoms with E-state index >= 15 is 0 Å². The van der Waals surface area contributed by atoms with E-state index < -0.39 is 43.9 Å². The molecule has 0 saturated heterocycles. The van der Waals surface area contributed by atoms with Gasteiger partial charge in [-0.2, -0.15) is 0 Å². The zero-order valence-corrected chi connectivity index (χ0v) is 13.5. The Morgan fingerprint density at radius 3 is 1.31 bits per heavy atom. The number of ketones is 2. The van der Waals surface area contributed by atoms with E-state index in [0.717, 1.165) is 12.1 Å². The van der Waals surface area contributed by atoms with E-state index in [-0.39, 0.29) is 22.6 Å². The van der Waals surface area contributed by atoms with Gasteiger partial charge in [-0.25, -0.2) is 0 Å². The Balaban J connectivity index is 2.48. The first-order valence-corrected chi connectivity index (χ1v) is 7.13.